The summed E-state index contributed by atoms with van der Waals surface area (Å²) < 4.78 is 3.15. The van der Waals surface area contributed by atoms with Crippen LogP contribution in [0.2, 0.25) is 0 Å². The molecule has 0 bridgehead atoms. The Morgan fingerprint density at radius 2 is 2.00 bits per heavy atom. The third-order valence-corrected chi connectivity index (χ3v) is 2.52. The van der Waals surface area contributed by atoms with Crippen molar-refractivity contribution < 1.29 is 14.6 Å². The molecule has 1 aromatic heterocycles. The molecule has 0 aliphatic heterocycles. The highest BCUT2D eigenvalue weighted by atomic mass is 16.4. The van der Waals surface area contributed by atoms with E-state index in [2.05, 4.69) is 10.4 Å². The Morgan fingerprint density at radius 3 is 2.56 bits per heavy atom. The molecular weight excluding hydrogens is 232 g/mol. The molecule has 6 nitrogen and oxygen atoms in total. The summed E-state index contributed by atoms with van der Waals surface area (Å²) in [6.45, 7) is 5.99. The van der Waals surface area contributed by atoms with Gasteiger partial charge in [0, 0.05) is 0 Å². The number of carboxylic acids is 1. The Hall–Kier alpha value is -2.24. The van der Waals surface area contributed by atoms with Crippen molar-refractivity contribution in [3.8, 4) is 5.69 Å². The van der Waals surface area contributed by atoms with Gasteiger partial charge in [-0.25, -0.2) is 4.79 Å². The average molecular weight is 247 g/mol. The molecule has 0 saturated carbocycles. The van der Waals surface area contributed by atoms with Crippen LogP contribution in [0.5, 0.6) is 0 Å². The summed E-state index contributed by atoms with van der Waals surface area (Å²) in [6, 6.07) is 6.69. The molecule has 0 spiro atoms. The van der Waals surface area contributed by atoms with Gasteiger partial charge in [0.25, 0.3) is 6.33 Å². The van der Waals surface area contributed by atoms with Gasteiger partial charge in [0.15, 0.2) is 10.9 Å². The van der Waals surface area contributed by atoms with E-state index in [1.165, 1.54) is 4.68 Å². The van der Waals surface area contributed by atoms with Crippen LogP contribution in [0.3, 0.4) is 0 Å². The molecule has 0 unspecified atom stereocenters. The van der Waals surface area contributed by atoms with Crippen LogP contribution in [0, 0.1) is 0 Å². The Kier molecular flexibility index (Phi) is 2.86. The lowest BCUT2D eigenvalue weighted by Gasteiger charge is -2.10. The molecule has 94 valence electrons. The number of aromatic nitrogens is 4. The number of carbonyl (C=O) groups is 1. The van der Waals surface area contributed by atoms with Gasteiger partial charge in [0.05, 0.1) is 0 Å². The molecular formula is C12H15N4O2+. The van der Waals surface area contributed by atoms with Crippen LogP contribution < -0.4 is 4.68 Å². The SMILES string of the molecule is CC(C)(C)[n+]1cn(-c2ccccc2C(=O)O)nn1. The highest BCUT2D eigenvalue weighted by Gasteiger charge is 2.24. The standard InChI is InChI=1S/C12H14N4O2/c1-12(2,3)16-8-15(13-14-16)10-7-5-4-6-9(10)11(17)18/h4-8H,1-3H3/p+1. The Labute approximate surface area is 104 Å². The maximum atomic E-state index is 11.1. The average Bonchev–Trinajstić information content (AvgIpc) is 2.77. The lowest BCUT2D eigenvalue weighted by Crippen LogP contribution is -2.51. The number of rotatable bonds is 2. The number of carboxylic acid groups (broad SMARTS) is 1. The topological polar surface area (TPSA) is 71.9 Å². The second kappa shape index (κ2) is 4.21. The van der Waals surface area contributed by atoms with Crippen LogP contribution in [-0.4, -0.2) is 26.2 Å². The number of aromatic carboxylic acids is 1. The smallest absolute Gasteiger partial charge is 0.339 e. The molecule has 0 aliphatic rings. The van der Waals surface area contributed by atoms with Gasteiger partial charge >= 0.3 is 5.97 Å². The van der Waals surface area contributed by atoms with Gasteiger partial charge in [-0.15, -0.1) is 4.68 Å². The van der Waals surface area contributed by atoms with E-state index < -0.39 is 5.97 Å². The minimum Gasteiger partial charge on any atom is -0.478 e. The zero-order chi connectivity index (χ0) is 13.3. The van der Waals surface area contributed by atoms with Crippen LogP contribution in [0.15, 0.2) is 30.6 Å². The van der Waals surface area contributed by atoms with E-state index in [0.717, 1.165) is 0 Å². The van der Waals surface area contributed by atoms with Crippen LogP contribution in [0.4, 0.5) is 0 Å². The fraction of sp³-hybridized carbons (Fsp3) is 0.333. The van der Waals surface area contributed by atoms with E-state index in [-0.39, 0.29) is 11.1 Å². The van der Waals surface area contributed by atoms with Gasteiger partial charge in [-0.3, -0.25) is 0 Å². The molecule has 0 atom stereocenters. The summed E-state index contributed by atoms with van der Waals surface area (Å²) in [5.41, 5.74) is 0.500. The first kappa shape index (κ1) is 12.2. The quantitative estimate of drug-likeness (QED) is 0.804. The maximum absolute atomic E-state index is 11.1. The molecule has 0 saturated heterocycles. The van der Waals surface area contributed by atoms with Crippen molar-refractivity contribution in [1.29, 1.82) is 0 Å². The highest BCUT2D eigenvalue weighted by Crippen LogP contribution is 2.12. The van der Waals surface area contributed by atoms with E-state index >= 15 is 0 Å². The van der Waals surface area contributed by atoms with Crippen LogP contribution in [-0.2, 0) is 5.54 Å². The number of tetrazole rings is 1. The summed E-state index contributed by atoms with van der Waals surface area (Å²) in [4.78, 5) is 11.1. The van der Waals surface area contributed by atoms with Crippen molar-refractivity contribution in [2.24, 2.45) is 0 Å². The lowest BCUT2D eigenvalue weighted by atomic mass is 10.1. The fourth-order valence-electron chi connectivity index (χ4n) is 1.51. The van der Waals surface area contributed by atoms with E-state index in [9.17, 15) is 4.79 Å². The second-order valence-corrected chi connectivity index (χ2v) is 4.98. The van der Waals surface area contributed by atoms with Gasteiger partial charge in [-0.1, -0.05) is 16.8 Å². The Balaban J connectivity index is 2.50. The molecule has 18 heavy (non-hydrogen) atoms. The minimum atomic E-state index is -0.983. The van der Waals surface area contributed by atoms with Crippen LogP contribution in [0.1, 0.15) is 31.1 Å². The number of hydrogen-bond acceptors (Lipinski definition) is 3. The highest BCUT2D eigenvalue weighted by molar-refractivity contribution is 5.91. The summed E-state index contributed by atoms with van der Waals surface area (Å²) in [7, 11) is 0. The van der Waals surface area contributed by atoms with Crippen molar-refractivity contribution in [3.05, 3.63) is 36.2 Å². The molecule has 2 aromatic rings. The monoisotopic (exact) mass is 247 g/mol. The van der Waals surface area contributed by atoms with E-state index in [0.29, 0.717) is 5.69 Å². The first-order valence-corrected chi connectivity index (χ1v) is 5.57. The zero-order valence-electron chi connectivity index (χ0n) is 10.5. The fourth-order valence-corrected chi connectivity index (χ4v) is 1.51. The largest absolute Gasteiger partial charge is 0.478 e. The molecule has 0 radical (unpaired) electrons. The van der Waals surface area contributed by atoms with Crippen molar-refractivity contribution in [2.75, 3.05) is 0 Å². The van der Waals surface area contributed by atoms with Crippen molar-refractivity contribution >= 4 is 5.97 Å². The summed E-state index contributed by atoms with van der Waals surface area (Å²) >= 11 is 0. The molecule has 0 fully saturated rings. The van der Waals surface area contributed by atoms with Gasteiger partial charge in [0.1, 0.15) is 16.3 Å². The minimum absolute atomic E-state index is 0.198. The van der Waals surface area contributed by atoms with Gasteiger partial charge in [0.2, 0.25) is 0 Å². The second-order valence-electron chi connectivity index (χ2n) is 4.98. The van der Waals surface area contributed by atoms with Crippen molar-refractivity contribution in [2.45, 2.75) is 26.3 Å². The van der Waals surface area contributed by atoms with Gasteiger partial charge in [-0.05, 0) is 32.9 Å². The molecule has 0 amide bonds. The first-order chi connectivity index (χ1) is 8.39. The number of hydrogen-bond donors (Lipinski definition) is 1. The van der Waals surface area contributed by atoms with Gasteiger partial charge < -0.3 is 5.11 Å². The summed E-state index contributed by atoms with van der Waals surface area (Å²) in [5.74, 6) is -0.983. The molecule has 1 N–H and O–H groups in total. The molecule has 6 heteroatoms. The normalized spacial score (nSPS) is 11.5. The van der Waals surface area contributed by atoms with Crippen molar-refractivity contribution in [1.82, 2.24) is 15.1 Å². The Bertz CT molecular complexity index is 584. The lowest BCUT2D eigenvalue weighted by molar-refractivity contribution is -0.806. The number of nitrogens with zero attached hydrogens (tertiary/aromatic N) is 4. The predicted octanol–water partition coefficient (Wildman–Crippen LogP) is 1.01. The summed E-state index contributed by atoms with van der Waals surface area (Å²) in [5, 5.41) is 17.1. The Morgan fingerprint density at radius 1 is 1.33 bits per heavy atom. The maximum Gasteiger partial charge on any atom is 0.339 e. The molecule has 2 rings (SSSR count). The van der Waals surface area contributed by atoms with E-state index in [4.69, 9.17) is 5.11 Å². The molecule has 1 aromatic carbocycles. The zero-order valence-corrected chi connectivity index (χ0v) is 10.5. The predicted molar refractivity (Wildman–Crippen MR) is 63.5 cm³/mol. The first-order valence-electron chi connectivity index (χ1n) is 5.57. The third kappa shape index (κ3) is 2.22. The van der Waals surface area contributed by atoms with E-state index in [1.54, 1.807) is 35.3 Å². The third-order valence-electron chi connectivity index (χ3n) is 2.52. The summed E-state index contributed by atoms with van der Waals surface area (Å²) in [6.07, 6.45) is 1.68. The van der Waals surface area contributed by atoms with E-state index in [1.807, 2.05) is 20.8 Å². The van der Waals surface area contributed by atoms with Gasteiger partial charge in [-0.2, -0.15) is 0 Å². The number of benzene rings is 1. The van der Waals surface area contributed by atoms with Crippen molar-refractivity contribution in [3.63, 3.8) is 0 Å². The number of para-hydroxylation sites is 1. The van der Waals surface area contributed by atoms with Crippen LogP contribution in [0.25, 0.3) is 5.69 Å². The molecule has 0 aliphatic carbocycles. The van der Waals surface area contributed by atoms with Crippen LogP contribution >= 0.6 is 0 Å². The molecule has 1 heterocycles.